The maximum Gasteiger partial charge on any atom is 0.356 e. The first kappa shape index (κ1) is 27.7. The largest absolute Gasteiger partial charge is 0.484 e. The quantitative estimate of drug-likeness (QED) is 0.304. The molecule has 1 fully saturated rings. The Kier molecular flexibility index (Phi) is 8.45. The van der Waals surface area contributed by atoms with E-state index in [1.54, 1.807) is 36.5 Å². The van der Waals surface area contributed by atoms with Crippen LogP contribution < -0.4 is 10.1 Å². The van der Waals surface area contributed by atoms with Gasteiger partial charge in [0.25, 0.3) is 11.8 Å². The first-order chi connectivity index (χ1) is 19.9. The number of hydrogen-bond acceptors (Lipinski definition) is 7. The predicted molar refractivity (Wildman–Crippen MR) is 151 cm³/mol. The van der Waals surface area contributed by atoms with Gasteiger partial charge in [-0.2, -0.15) is 0 Å². The van der Waals surface area contributed by atoms with E-state index in [4.69, 9.17) is 14.2 Å². The molecule has 2 atom stereocenters. The number of carbonyl (C=O) groups is 3. The molecular formula is C32H31N3O6. The zero-order valence-corrected chi connectivity index (χ0v) is 22.8. The summed E-state index contributed by atoms with van der Waals surface area (Å²) in [5.74, 6) is -1.08. The van der Waals surface area contributed by atoms with Crippen LogP contribution in [0, 0.1) is 0 Å². The fourth-order valence-electron chi connectivity index (χ4n) is 4.63. The highest BCUT2D eigenvalue weighted by molar-refractivity contribution is 6.02. The fraction of sp³-hybridized carbons (Fsp3) is 0.219. The lowest BCUT2D eigenvalue weighted by Crippen LogP contribution is -2.73. The molecule has 1 N–H and O–H groups in total. The van der Waals surface area contributed by atoms with E-state index in [1.165, 1.54) is 4.90 Å². The number of nitrogens with zero attached hydrogens (tertiary/aromatic N) is 2. The molecule has 0 spiro atoms. The van der Waals surface area contributed by atoms with Crippen molar-refractivity contribution in [2.45, 2.75) is 18.4 Å². The van der Waals surface area contributed by atoms with Crippen molar-refractivity contribution in [3.05, 3.63) is 126 Å². The zero-order valence-electron chi connectivity index (χ0n) is 22.8. The van der Waals surface area contributed by atoms with Crippen LogP contribution in [-0.4, -0.2) is 67.2 Å². The maximum atomic E-state index is 13.8. The zero-order chi connectivity index (χ0) is 28.8. The standard InChI is InChI=1S/C32H31N3O6/c1-34(2)19-18-24-20-40-31-27(33-26(36)21-39-25-16-10-5-11-17-25)30(37)35(31)28(24)32(38)41-29(22-12-6-3-7-13-22)23-14-8-4-9-15-23/h3-19,27,29,31H,20-21H2,1-2H3,(H,33,36)/b19-18+. The molecule has 5 rings (SSSR count). The molecule has 0 saturated carbocycles. The van der Waals surface area contributed by atoms with Gasteiger partial charge in [-0.15, -0.1) is 0 Å². The second-order valence-electron chi connectivity index (χ2n) is 9.82. The number of nitrogens with one attached hydrogen (secondary N) is 1. The van der Waals surface area contributed by atoms with Gasteiger partial charge in [0, 0.05) is 19.7 Å². The molecule has 2 amide bonds. The Bertz CT molecular complexity index is 1400. The van der Waals surface area contributed by atoms with Gasteiger partial charge in [-0.1, -0.05) is 78.9 Å². The Labute approximate surface area is 238 Å². The number of rotatable bonds is 10. The highest BCUT2D eigenvalue weighted by Gasteiger charge is 2.55. The SMILES string of the molecule is CN(C)/C=C/C1=C(C(=O)OC(c2ccccc2)c2ccccc2)N2C(=O)C(NC(=O)COc3ccccc3)C2OC1. The molecule has 2 unspecified atom stereocenters. The smallest absolute Gasteiger partial charge is 0.356 e. The molecule has 2 heterocycles. The maximum absolute atomic E-state index is 13.8. The number of para-hydroxylation sites is 1. The van der Waals surface area contributed by atoms with E-state index in [2.05, 4.69) is 5.32 Å². The lowest BCUT2D eigenvalue weighted by Gasteiger charge is -2.49. The molecule has 9 heteroatoms. The summed E-state index contributed by atoms with van der Waals surface area (Å²) in [5, 5.41) is 2.67. The fourth-order valence-corrected chi connectivity index (χ4v) is 4.63. The molecule has 0 aliphatic carbocycles. The van der Waals surface area contributed by atoms with Crippen LogP contribution in [0.2, 0.25) is 0 Å². The van der Waals surface area contributed by atoms with Crippen LogP contribution in [-0.2, 0) is 23.9 Å². The minimum Gasteiger partial charge on any atom is -0.484 e. The van der Waals surface area contributed by atoms with E-state index in [0.29, 0.717) is 11.3 Å². The van der Waals surface area contributed by atoms with Crippen molar-refractivity contribution >= 4 is 17.8 Å². The van der Waals surface area contributed by atoms with Crippen molar-refractivity contribution in [1.29, 1.82) is 0 Å². The van der Waals surface area contributed by atoms with Crippen LogP contribution >= 0.6 is 0 Å². The number of benzene rings is 3. The first-order valence-electron chi connectivity index (χ1n) is 13.2. The van der Waals surface area contributed by atoms with Gasteiger partial charge in [0.2, 0.25) is 0 Å². The highest BCUT2D eigenvalue weighted by atomic mass is 16.6. The molecular weight excluding hydrogens is 522 g/mol. The number of hydrogen-bond donors (Lipinski definition) is 1. The van der Waals surface area contributed by atoms with Gasteiger partial charge in [0.1, 0.15) is 11.4 Å². The lowest BCUT2D eigenvalue weighted by atomic mass is 9.98. The summed E-state index contributed by atoms with van der Waals surface area (Å²) in [4.78, 5) is 42.8. The summed E-state index contributed by atoms with van der Waals surface area (Å²) in [6.07, 6.45) is 1.94. The summed E-state index contributed by atoms with van der Waals surface area (Å²) in [5.41, 5.74) is 2.16. The predicted octanol–water partition coefficient (Wildman–Crippen LogP) is 3.41. The summed E-state index contributed by atoms with van der Waals surface area (Å²) < 4.78 is 17.5. The minimum absolute atomic E-state index is 0.0530. The van der Waals surface area contributed by atoms with E-state index in [9.17, 15) is 14.4 Å². The van der Waals surface area contributed by atoms with Gasteiger partial charge in [0.05, 0.1) is 6.61 Å². The van der Waals surface area contributed by atoms with E-state index in [-0.39, 0.29) is 18.9 Å². The van der Waals surface area contributed by atoms with Gasteiger partial charge in [-0.25, -0.2) is 4.79 Å². The van der Waals surface area contributed by atoms with Crippen molar-refractivity contribution in [2.75, 3.05) is 27.3 Å². The molecule has 2 aliphatic heterocycles. The van der Waals surface area contributed by atoms with Crippen molar-refractivity contribution in [2.24, 2.45) is 0 Å². The second kappa shape index (κ2) is 12.5. The third-order valence-electron chi connectivity index (χ3n) is 6.62. The Morgan fingerprint density at radius 3 is 2.15 bits per heavy atom. The molecule has 1 saturated heterocycles. The van der Waals surface area contributed by atoms with Crippen LogP contribution in [0.1, 0.15) is 17.2 Å². The van der Waals surface area contributed by atoms with Crippen molar-refractivity contribution in [3.8, 4) is 5.75 Å². The van der Waals surface area contributed by atoms with Gasteiger partial charge >= 0.3 is 5.97 Å². The van der Waals surface area contributed by atoms with Crippen LogP contribution in [0.5, 0.6) is 5.75 Å². The number of carbonyl (C=O) groups excluding carboxylic acids is 3. The van der Waals surface area contributed by atoms with Gasteiger partial charge in [0.15, 0.2) is 25.0 Å². The molecule has 3 aromatic rings. The molecule has 0 radical (unpaired) electrons. The van der Waals surface area contributed by atoms with E-state index < -0.39 is 36.2 Å². The Hall–Kier alpha value is -4.89. The number of ether oxygens (including phenoxy) is 3. The third-order valence-corrected chi connectivity index (χ3v) is 6.62. The molecule has 3 aromatic carbocycles. The van der Waals surface area contributed by atoms with Crippen LogP contribution in [0.25, 0.3) is 0 Å². The molecule has 0 aromatic heterocycles. The summed E-state index contributed by atoms with van der Waals surface area (Å²) in [6, 6.07) is 26.8. The Morgan fingerprint density at radius 2 is 1.56 bits per heavy atom. The van der Waals surface area contributed by atoms with Crippen LogP contribution in [0.15, 0.2) is 115 Å². The second-order valence-corrected chi connectivity index (χ2v) is 9.82. The average molecular weight is 554 g/mol. The summed E-state index contributed by atoms with van der Waals surface area (Å²) >= 11 is 0. The van der Waals surface area contributed by atoms with E-state index in [1.807, 2.05) is 85.7 Å². The molecule has 41 heavy (non-hydrogen) atoms. The topological polar surface area (TPSA) is 97.4 Å². The Morgan fingerprint density at radius 1 is 0.976 bits per heavy atom. The minimum atomic E-state index is -0.955. The molecule has 9 nitrogen and oxygen atoms in total. The molecule has 0 bridgehead atoms. The van der Waals surface area contributed by atoms with Gasteiger partial charge in [-0.05, 0) is 35.5 Å². The van der Waals surface area contributed by atoms with E-state index in [0.717, 1.165) is 11.1 Å². The average Bonchev–Trinajstić information content (AvgIpc) is 3.01. The molecule has 2 aliphatic rings. The van der Waals surface area contributed by atoms with E-state index >= 15 is 0 Å². The van der Waals surface area contributed by atoms with Crippen LogP contribution in [0.3, 0.4) is 0 Å². The van der Waals surface area contributed by atoms with Crippen molar-refractivity contribution < 1.29 is 28.6 Å². The number of β-lactam (4-membered cyclic amide) rings is 1. The summed E-state index contributed by atoms with van der Waals surface area (Å²) in [6.45, 7) is -0.213. The summed E-state index contributed by atoms with van der Waals surface area (Å²) in [7, 11) is 3.69. The van der Waals surface area contributed by atoms with Crippen LogP contribution in [0.4, 0.5) is 0 Å². The number of amides is 2. The third kappa shape index (κ3) is 6.31. The number of esters is 1. The highest BCUT2D eigenvalue weighted by Crippen LogP contribution is 2.36. The number of fused-ring (bicyclic) bond motifs is 1. The Balaban J connectivity index is 1.37. The lowest BCUT2D eigenvalue weighted by molar-refractivity contribution is -0.186. The van der Waals surface area contributed by atoms with Gasteiger partial charge < -0.3 is 24.4 Å². The van der Waals surface area contributed by atoms with Gasteiger partial charge in [-0.3, -0.25) is 14.5 Å². The molecule has 210 valence electrons. The normalized spacial score (nSPS) is 18.1. The first-order valence-corrected chi connectivity index (χ1v) is 13.2. The van der Waals surface area contributed by atoms with Crippen molar-refractivity contribution in [1.82, 2.24) is 15.1 Å². The monoisotopic (exact) mass is 553 g/mol. The van der Waals surface area contributed by atoms with Crippen molar-refractivity contribution in [3.63, 3.8) is 0 Å².